The lowest BCUT2D eigenvalue weighted by Crippen LogP contribution is -2.32. The number of likely N-dealkylation sites (N-methyl/N-ethyl adjacent to an activating group) is 2. The fourth-order valence-electron chi connectivity index (χ4n) is 3.02. The van der Waals surface area contributed by atoms with Crippen molar-refractivity contribution in [3.05, 3.63) is 60.3 Å². The maximum Gasteiger partial charge on any atom is 0.257 e. The van der Waals surface area contributed by atoms with Gasteiger partial charge in [-0.25, -0.2) is 4.68 Å². The summed E-state index contributed by atoms with van der Waals surface area (Å²) in [5.74, 6) is 1.16. The quantitative estimate of drug-likeness (QED) is 0.594. The van der Waals surface area contributed by atoms with Gasteiger partial charge < -0.3 is 19.7 Å². The number of amides is 1. The molecule has 3 aromatic rings. The molecule has 8 heteroatoms. The molecule has 2 aromatic carbocycles. The first-order chi connectivity index (χ1) is 14.1. The Morgan fingerprint density at radius 1 is 1.13 bits per heavy atom. The van der Waals surface area contributed by atoms with Crippen molar-refractivity contribution in [2.45, 2.75) is 0 Å². The van der Waals surface area contributed by atoms with E-state index < -0.39 is 0 Å². The van der Waals surface area contributed by atoms with Gasteiger partial charge in [0.15, 0.2) is 0 Å². The average Bonchev–Trinajstić information content (AvgIpc) is 3.22. The van der Waals surface area contributed by atoms with E-state index in [1.54, 1.807) is 43.1 Å². The zero-order valence-electron chi connectivity index (χ0n) is 17.6. The summed E-state index contributed by atoms with van der Waals surface area (Å²) >= 11 is 0. The van der Waals surface area contributed by atoms with Crippen molar-refractivity contribution in [2.75, 3.05) is 41.4 Å². The van der Waals surface area contributed by atoms with Gasteiger partial charge >= 0.3 is 0 Å². The van der Waals surface area contributed by atoms with Crippen LogP contribution in [0.1, 0.15) is 10.4 Å². The minimum Gasteiger partial charge on any atom is -0.497 e. The molecule has 0 saturated heterocycles. The highest BCUT2D eigenvalue weighted by molar-refractivity contribution is 6.00. The average molecular weight is 431 g/mol. The Morgan fingerprint density at radius 2 is 1.87 bits per heavy atom. The molecule has 0 unspecified atom stereocenters. The Hall–Kier alpha value is -3.03. The van der Waals surface area contributed by atoms with Crippen LogP contribution in [-0.4, -0.2) is 62.0 Å². The molecule has 0 aliphatic carbocycles. The Balaban J connectivity index is 0.00000320. The van der Waals surface area contributed by atoms with Crippen molar-refractivity contribution in [2.24, 2.45) is 0 Å². The van der Waals surface area contributed by atoms with E-state index >= 15 is 0 Å². The van der Waals surface area contributed by atoms with E-state index in [-0.39, 0.29) is 18.3 Å². The van der Waals surface area contributed by atoms with Crippen molar-refractivity contribution in [1.82, 2.24) is 20.0 Å². The zero-order chi connectivity index (χ0) is 20.8. The lowest BCUT2D eigenvalue weighted by molar-refractivity contribution is 0.0797. The molecule has 0 radical (unpaired) electrons. The minimum atomic E-state index is -0.102. The third-order valence-electron chi connectivity index (χ3n) is 4.67. The molecular formula is C22H27ClN4O3. The molecule has 0 aliphatic heterocycles. The second-order valence-electron chi connectivity index (χ2n) is 6.57. The number of nitrogens with one attached hydrogen (secondary N) is 1. The first-order valence-electron chi connectivity index (χ1n) is 9.36. The van der Waals surface area contributed by atoms with Crippen LogP contribution < -0.4 is 14.8 Å². The fraction of sp³-hybridized carbons (Fsp3) is 0.273. The molecule has 1 amide bonds. The van der Waals surface area contributed by atoms with E-state index in [2.05, 4.69) is 5.32 Å². The molecule has 1 heterocycles. The van der Waals surface area contributed by atoms with Crippen LogP contribution in [0.4, 0.5) is 0 Å². The van der Waals surface area contributed by atoms with Crippen molar-refractivity contribution in [1.29, 1.82) is 0 Å². The predicted molar refractivity (Wildman–Crippen MR) is 120 cm³/mol. The second kappa shape index (κ2) is 10.7. The van der Waals surface area contributed by atoms with Gasteiger partial charge in [-0.15, -0.1) is 12.4 Å². The summed E-state index contributed by atoms with van der Waals surface area (Å²) in [6, 6.07) is 15.2. The third kappa shape index (κ3) is 4.93. The number of para-hydroxylation sites is 1. The lowest BCUT2D eigenvalue weighted by Gasteiger charge is -2.17. The number of carbonyl (C=O) groups excluding carboxylic acids is 1. The number of hydrogen-bond acceptors (Lipinski definition) is 5. The van der Waals surface area contributed by atoms with Gasteiger partial charge in [0.25, 0.3) is 5.91 Å². The number of nitrogens with zero attached hydrogens (tertiary/aromatic N) is 3. The van der Waals surface area contributed by atoms with Crippen LogP contribution in [0.5, 0.6) is 11.5 Å². The molecular weight excluding hydrogens is 404 g/mol. The maximum atomic E-state index is 13.2. The van der Waals surface area contributed by atoms with Gasteiger partial charge in [0.05, 0.1) is 25.5 Å². The van der Waals surface area contributed by atoms with Crippen molar-refractivity contribution in [3.63, 3.8) is 0 Å². The molecule has 3 rings (SSSR count). The number of rotatable bonds is 8. The standard InChI is InChI=1S/C22H26N4O3.ClH/c1-23-12-13-25(2)22(27)19-15-26(16-8-6-5-7-9-16)24-21(19)18-11-10-17(28-3)14-20(18)29-4;/h5-11,14-15,23H,12-13H2,1-4H3;1H. The third-order valence-corrected chi connectivity index (χ3v) is 4.67. The second-order valence-corrected chi connectivity index (χ2v) is 6.57. The molecule has 1 N–H and O–H groups in total. The van der Waals surface area contributed by atoms with E-state index in [4.69, 9.17) is 14.6 Å². The molecule has 0 aliphatic rings. The number of hydrogen-bond donors (Lipinski definition) is 1. The Bertz CT molecular complexity index is 976. The van der Waals surface area contributed by atoms with Crippen molar-refractivity contribution < 1.29 is 14.3 Å². The highest BCUT2D eigenvalue weighted by atomic mass is 35.5. The number of halogens is 1. The zero-order valence-corrected chi connectivity index (χ0v) is 18.4. The van der Waals surface area contributed by atoms with Crippen LogP contribution in [0.2, 0.25) is 0 Å². The molecule has 160 valence electrons. The molecule has 0 spiro atoms. The van der Waals surface area contributed by atoms with Crippen LogP contribution >= 0.6 is 12.4 Å². The van der Waals surface area contributed by atoms with Crippen molar-refractivity contribution in [3.8, 4) is 28.4 Å². The molecule has 0 fully saturated rings. The highest BCUT2D eigenvalue weighted by Gasteiger charge is 2.23. The van der Waals surface area contributed by atoms with Gasteiger partial charge in [-0.2, -0.15) is 5.10 Å². The van der Waals surface area contributed by atoms with E-state index in [1.165, 1.54) is 0 Å². The van der Waals surface area contributed by atoms with Crippen LogP contribution in [0.25, 0.3) is 16.9 Å². The highest BCUT2D eigenvalue weighted by Crippen LogP contribution is 2.35. The molecule has 0 saturated carbocycles. The SMILES string of the molecule is CNCCN(C)C(=O)c1cn(-c2ccccc2)nc1-c1ccc(OC)cc1OC.Cl. The monoisotopic (exact) mass is 430 g/mol. The number of benzene rings is 2. The molecule has 7 nitrogen and oxygen atoms in total. The summed E-state index contributed by atoms with van der Waals surface area (Å²) in [4.78, 5) is 14.9. The largest absolute Gasteiger partial charge is 0.497 e. The normalized spacial score (nSPS) is 10.3. The topological polar surface area (TPSA) is 68.6 Å². The van der Waals surface area contributed by atoms with Gasteiger partial charge in [-0.3, -0.25) is 4.79 Å². The number of aromatic nitrogens is 2. The van der Waals surface area contributed by atoms with E-state index in [1.807, 2.05) is 49.5 Å². The summed E-state index contributed by atoms with van der Waals surface area (Å²) in [5.41, 5.74) is 2.68. The lowest BCUT2D eigenvalue weighted by atomic mass is 10.1. The van der Waals surface area contributed by atoms with E-state index in [0.717, 1.165) is 11.3 Å². The summed E-state index contributed by atoms with van der Waals surface area (Å²) in [7, 11) is 6.84. The maximum absolute atomic E-state index is 13.2. The van der Waals surface area contributed by atoms with E-state index in [0.29, 0.717) is 35.8 Å². The summed E-state index contributed by atoms with van der Waals surface area (Å²) in [6.45, 7) is 1.29. The summed E-state index contributed by atoms with van der Waals surface area (Å²) in [6.07, 6.45) is 1.77. The molecule has 1 aromatic heterocycles. The Labute approximate surface area is 183 Å². The Kier molecular flexibility index (Phi) is 8.26. The van der Waals surface area contributed by atoms with Crippen molar-refractivity contribution >= 4 is 18.3 Å². The van der Waals surface area contributed by atoms with Crippen LogP contribution in [0.3, 0.4) is 0 Å². The smallest absolute Gasteiger partial charge is 0.257 e. The molecule has 0 atom stereocenters. The first-order valence-corrected chi connectivity index (χ1v) is 9.36. The first kappa shape index (κ1) is 23.3. The van der Waals surface area contributed by atoms with Crippen LogP contribution in [0, 0.1) is 0 Å². The molecule has 0 bridgehead atoms. The minimum absolute atomic E-state index is 0. The van der Waals surface area contributed by atoms with Gasteiger partial charge in [0.2, 0.25) is 0 Å². The fourth-order valence-corrected chi connectivity index (χ4v) is 3.02. The van der Waals surface area contributed by atoms with Gasteiger partial charge in [-0.05, 0) is 31.3 Å². The Morgan fingerprint density at radius 3 is 2.50 bits per heavy atom. The van der Waals surface area contributed by atoms with Crippen LogP contribution in [-0.2, 0) is 0 Å². The predicted octanol–water partition coefficient (Wildman–Crippen LogP) is 3.27. The summed E-state index contributed by atoms with van der Waals surface area (Å²) < 4.78 is 12.6. The number of ether oxygens (including phenoxy) is 2. The number of methoxy groups -OCH3 is 2. The van der Waals surface area contributed by atoms with E-state index in [9.17, 15) is 4.79 Å². The van der Waals surface area contributed by atoms with Gasteiger partial charge in [0.1, 0.15) is 17.2 Å². The number of carbonyl (C=O) groups is 1. The van der Waals surface area contributed by atoms with Crippen LogP contribution in [0.15, 0.2) is 54.7 Å². The summed E-state index contributed by atoms with van der Waals surface area (Å²) in [5, 5.41) is 7.80. The molecule has 30 heavy (non-hydrogen) atoms. The van der Waals surface area contributed by atoms with Gasteiger partial charge in [-0.1, -0.05) is 18.2 Å². The van der Waals surface area contributed by atoms with Gasteiger partial charge in [0, 0.05) is 38.0 Å².